The Morgan fingerprint density at radius 3 is 2.51 bits per heavy atom. The van der Waals surface area contributed by atoms with Crippen molar-refractivity contribution in [2.75, 3.05) is 11.4 Å². The molecule has 0 bridgehead atoms. The number of hydrogen-bond acceptors (Lipinski definition) is 6. The van der Waals surface area contributed by atoms with Crippen LogP contribution in [0.15, 0.2) is 42.5 Å². The minimum Gasteiger partial charge on any atom is -0.481 e. The minimum atomic E-state index is -0.980. The smallest absolute Gasteiger partial charge is 0.305 e. The summed E-state index contributed by atoms with van der Waals surface area (Å²) in [5.74, 6) is -1.43. The van der Waals surface area contributed by atoms with Gasteiger partial charge in [0.15, 0.2) is 0 Å². The van der Waals surface area contributed by atoms with Crippen molar-refractivity contribution in [2.24, 2.45) is 11.5 Å². The second-order valence-electron chi connectivity index (χ2n) is 9.83. The van der Waals surface area contributed by atoms with Crippen molar-refractivity contribution in [1.29, 1.82) is 5.41 Å². The number of aliphatic carboxylic acids is 1. The third-order valence-electron chi connectivity index (χ3n) is 7.08. The van der Waals surface area contributed by atoms with E-state index in [9.17, 15) is 14.4 Å². The number of benzene rings is 2. The van der Waals surface area contributed by atoms with E-state index in [2.05, 4.69) is 10.6 Å². The highest BCUT2D eigenvalue weighted by Crippen LogP contribution is 2.35. The van der Waals surface area contributed by atoms with Crippen LogP contribution in [0.5, 0.6) is 0 Å². The normalized spacial score (nSPS) is 20.7. The molecule has 2 aliphatic rings. The minimum absolute atomic E-state index is 0.0417. The maximum absolute atomic E-state index is 13.5. The Bertz CT molecular complexity index is 1190. The lowest BCUT2D eigenvalue weighted by atomic mass is 9.91. The van der Waals surface area contributed by atoms with E-state index in [1.165, 1.54) is 0 Å². The fraction of sp³-hybridized carbons (Fsp3) is 0.407. The largest absolute Gasteiger partial charge is 0.481 e. The van der Waals surface area contributed by atoms with Gasteiger partial charge in [-0.25, -0.2) is 0 Å². The van der Waals surface area contributed by atoms with Crippen molar-refractivity contribution < 1.29 is 19.5 Å². The highest BCUT2D eigenvalue weighted by Gasteiger charge is 2.36. The average molecular weight is 507 g/mol. The number of carbonyl (C=O) groups is 3. The number of nitrogens with one attached hydrogen (secondary N) is 3. The molecular formula is C27H34N6O4. The van der Waals surface area contributed by atoms with Gasteiger partial charge in [-0.15, -0.1) is 0 Å². The predicted molar refractivity (Wildman–Crippen MR) is 141 cm³/mol. The van der Waals surface area contributed by atoms with Gasteiger partial charge >= 0.3 is 5.97 Å². The Balaban J connectivity index is 1.55. The first-order chi connectivity index (χ1) is 17.7. The summed E-state index contributed by atoms with van der Waals surface area (Å²) in [4.78, 5) is 38.7. The molecule has 10 heteroatoms. The van der Waals surface area contributed by atoms with E-state index in [1.54, 1.807) is 24.3 Å². The number of carboxylic acid groups (broad SMARTS) is 1. The number of anilines is 1. The number of amides is 2. The van der Waals surface area contributed by atoms with Crippen LogP contribution >= 0.6 is 0 Å². The second kappa shape index (κ2) is 11.4. The predicted octanol–water partition coefficient (Wildman–Crippen LogP) is 1.49. The lowest BCUT2D eigenvalue weighted by Crippen LogP contribution is -2.49. The molecule has 4 rings (SSSR count). The molecule has 37 heavy (non-hydrogen) atoms. The van der Waals surface area contributed by atoms with Crippen molar-refractivity contribution in [1.82, 2.24) is 10.6 Å². The number of nitrogen functional groups attached to an aromatic ring is 1. The molecule has 1 fully saturated rings. The molecule has 1 aliphatic carbocycles. The molecule has 1 aliphatic heterocycles. The molecule has 0 radical (unpaired) electrons. The van der Waals surface area contributed by atoms with Gasteiger partial charge in [0, 0.05) is 48.4 Å². The van der Waals surface area contributed by atoms with Crippen LogP contribution in [0.2, 0.25) is 0 Å². The third-order valence-corrected chi connectivity index (χ3v) is 7.08. The zero-order valence-corrected chi connectivity index (χ0v) is 20.7. The molecule has 2 amide bonds. The summed E-state index contributed by atoms with van der Waals surface area (Å²) < 4.78 is 0. The van der Waals surface area contributed by atoms with Crippen molar-refractivity contribution >= 4 is 29.3 Å². The Hall–Kier alpha value is -3.92. The molecule has 2 aromatic carbocycles. The van der Waals surface area contributed by atoms with Crippen LogP contribution in [-0.4, -0.2) is 53.4 Å². The molecule has 1 heterocycles. The summed E-state index contributed by atoms with van der Waals surface area (Å²) in [6, 6.07) is 12.5. The summed E-state index contributed by atoms with van der Waals surface area (Å²) >= 11 is 0. The molecule has 1 unspecified atom stereocenters. The summed E-state index contributed by atoms with van der Waals surface area (Å²) in [5.41, 5.74) is 15.4. The standard InChI is InChI=1S/C27H34N6O4/c28-20-6-8-21(9-7-20)32-27(37)23-13-17-4-5-18(25(29)30)14-22(17)33(23)15-16-2-1-3-19(12-16)26(36)31-11-10-24(34)35/h1-5,12,14,20-21,23H,6-11,13,15,28H2,(H3,29,30)(H,31,36)(H,32,37)(H,34,35). The highest BCUT2D eigenvalue weighted by atomic mass is 16.4. The Labute approximate surface area is 215 Å². The SMILES string of the molecule is N=C(N)c1ccc2c(c1)N(Cc1cccc(C(=O)NCCC(=O)O)c1)C(C(=O)NC1CCC(N)CC1)C2. The third kappa shape index (κ3) is 6.45. The fourth-order valence-corrected chi connectivity index (χ4v) is 5.04. The molecule has 0 saturated heterocycles. The molecule has 0 aromatic heterocycles. The van der Waals surface area contributed by atoms with Gasteiger partial charge in [0.25, 0.3) is 5.91 Å². The first kappa shape index (κ1) is 26.2. The monoisotopic (exact) mass is 506 g/mol. The molecule has 2 aromatic rings. The first-order valence-electron chi connectivity index (χ1n) is 12.6. The molecule has 196 valence electrons. The van der Waals surface area contributed by atoms with Crippen LogP contribution in [0.1, 0.15) is 59.2 Å². The lowest BCUT2D eigenvalue weighted by Gasteiger charge is -2.31. The van der Waals surface area contributed by atoms with Crippen LogP contribution in [-0.2, 0) is 22.6 Å². The number of nitrogens with two attached hydrogens (primary N) is 2. The molecule has 1 atom stereocenters. The Kier molecular flexibility index (Phi) is 8.08. The molecule has 10 nitrogen and oxygen atoms in total. The van der Waals surface area contributed by atoms with Gasteiger partial charge < -0.3 is 32.1 Å². The van der Waals surface area contributed by atoms with Crippen LogP contribution < -0.4 is 27.0 Å². The Morgan fingerprint density at radius 2 is 1.81 bits per heavy atom. The van der Waals surface area contributed by atoms with Crippen molar-refractivity contribution in [3.05, 3.63) is 64.7 Å². The van der Waals surface area contributed by atoms with E-state index in [4.69, 9.17) is 22.0 Å². The van der Waals surface area contributed by atoms with E-state index in [0.717, 1.165) is 42.5 Å². The summed E-state index contributed by atoms with van der Waals surface area (Å²) in [5, 5.41) is 22.5. The van der Waals surface area contributed by atoms with E-state index >= 15 is 0 Å². The molecule has 8 N–H and O–H groups in total. The number of rotatable bonds is 9. The van der Waals surface area contributed by atoms with Crippen molar-refractivity contribution in [2.45, 2.75) is 63.2 Å². The van der Waals surface area contributed by atoms with Gasteiger partial charge in [0.05, 0.1) is 6.42 Å². The quantitative estimate of drug-likeness (QED) is 0.221. The average Bonchev–Trinajstić information content (AvgIpc) is 3.23. The van der Waals surface area contributed by atoms with Gasteiger partial charge in [-0.1, -0.05) is 24.3 Å². The zero-order valence-electron chi connectivity index (χ0n) is 20.7. The van der Waals surface area contributed by atoms with E-state index in [1.807, 2.05) is 23.1 Å². The maximum atomic E-state index is 13.5. The van der Waals surface area contributed by atoms with Gasteiger partial charge in [-0.3, -0.25) is 19.8 Å². The second-order valence-corrected chi connectivity index (χ2v) is 9.83. The fourth-order valence-electron chi connectivity index (χ4n) is 5.04. The van der Waals surface area contributed by atoms with E-state index in [-0.39, 0.29) is 42.7 Å². The van der Waals surface area contributed by atoms with Crippen molar-refractivity contribution in [3.63, 3.8) is 0 Å². The number of carboxylic acids is 1. The van der Waals surface area contributed by atoms with Gasteiger partial charge in [0.1, 0.15) is 11.9 Å². The van der Waals surface area contributed by atoms with Crippen LogP contribution in [0.25, 0.3) is 0 Å². The van der Waals surface area contributed by atoms with Crippen LogP contribution in [0, 0.1) is 5.41 Å². The van der Waals surface area contributed by atoms with Crippen LogP contribution in [0.3, 0.4) is 0 Å². The number of fused-ring (bicyclic) bond motifs is 1. The Morgan fingerprint density at radius 1 is 1.05 bits per heavy atom. The number of amidine groups is 1. The van der Waals surface area contributed by atoms with E-state index < -0.39 is 12.0 Å². The number of hydrogen-bond donors (Lipinski definition) is 6. The van der Waals surface area contributed by atoms with Gasteiger partial charge in [-0.2, -0.15) is 0 Å². The number of carbonyl (C=O) groups excluding carboxylic acids is 2. The molecular weight excluding hydrogens is 472 g/mol. The summed E-state index contributed by atoms with van der Waals surface area (Å²) in [7, 11) is 0. The lowest BCUT2D eigenvalue weighted by molar-refractivity contribution is -0.136. The topological polar surface area (TPSA) is 175 Å². The van der Waals surface area contributed by atoms with E-state index in [0.29, 0.717) is 24.1 Å². The molecule has 0 spiro atoms. The van der Waals surface area contributed by atoms with Crippen molar-refractivity contribution in [3.8, 4) is 0 Å². The summed E-state index contributed by atoms with van der Waals surface area (Å²) in [6.07, 6.45) is 3.88. The molecule has 1 saturated carbocycles. The summed E-state index contributed by atoms with van der Waals surface area (Å²) in [6.45, 7) is 0.415. The maximum Gasteiger partial charge on any atom is 0.305 e. The van der Waals surface area contributed by atoms with Gasteiger partial charge in [0.2, 0.25) is 5.91 Å². The highest BCUT2D eigenvalue weighted by molar-refractivity contribution is 5.97. The first-order valence-corrected chi connectivity index (χ1v) is 12.6. The van der Waals surface area contributed by atoms with Crippen LogP contribution in [0.4, 0.5) is 5.69 Å². The number of nitrogens with zero attached hydrogens (tertiary/aromatic N) is 1. The zero-order chi connectivity index (χ0) is 26.5. The van der Waals surface area contributed by atoms with Gasteiger partial charge in [-0.05, 0) is 55.0 Å².